The lowest BCUT2D eigenvalue weighted by molar-refractivity contribution is -0.143. The zero-order valence-electron chi connectivity index (χ0n) is 15.9. The minimum Gasteiger partial charge on any atom is -0.489 e. The topological polar surface area (TPSA) is 87.2 Å². The quantitative estimate of drug-likeness (QED) is 0.792. The summed E-state index contributed by atoms with van der Waals surface area (Å²) in [5.74, 6) is -0.594. The predicted octanol–water partition coefficient (Wildman–Crippen LogP) is 1.96. The van der Waals surface area contributed by atoms with Crippen molar-refractivity contribution in [1.82, 2.24) is 9.21 Å². The van der Waals surface area contributed by atoms with Gasteiger partial charge in [0.2, 0.25) is 10.0 Å². The normalized spacial score (nSPS) is 18.7. The summed E-state index contributed by atoms with van der Waals surface area (Å²) in [4.78, 5) is 13.4. The second-order valence-corrected chi connectivity index (χ2v) is 8.81. The number of piperazine rings is 1. The lowest BCUT2D eigenvalue weighted by Crippen LogP contribution is -2.57. The number of rotatable bonds is 6. The maximum Gasteiger partial charge on any atom is 0.323 e. The molecule has 1 N–H and O–H groups in total. The van der Waals surface area contributed by atoms with E-state index in [9.17, 15) is 18.3 Å². The first kappa shape index (κ1) is 20.3. The second kappa shape index (κ2) is 8.30. The zero-order valence-corrected chi connectivity index (χ0v) is 16.7. The molecule has 1 heterocycles. The summed E-state index contributed by atoms with van der Waals surface area (Å²) in [7, 11) is -2.12. The average molecular weight is 404 g/mol. The number of carboxylic acids is 1. The number of nitrogens with zero attached hydrogens (tertiary/aromatic N) is 2. The molecule has 0 bridgehead atoms. The summed E-state index contributed by atoms with van der Waals surface area (Å²) in [6, 6.07) is 12.9. The van der Waals surface area contributed by atoms with Crippen molar-refractivity contribution < 1.29 is 23.1 Å². The number of carboxylic acid groups (broad SMARTS) is 1. The van der Waals surface area contributed by atoms with E-state index >= 15 is 0 Å². The van der Waals surface area contributed by atoms with Crippen LogP contribution in [0.15, 0.2) is 53.4 Å². The molecule has 1 saturated heterocycles. The maximum atomic E-state index is 12.9. The van der Waals surface area contributed by atoms with E-state index in [0.717, 1.165) is 15.4 Å². The fourth-order valence-electron chi connectivity index (χ4n) is 3.17. The highest BCUT2D eigenvalue weighted by atomic mass is 32.2. The summed E-state index contributed by atoms with van der Waals surface area (Å²) in [6.45, 7) is 3.18. The third kappa shape index (κ3) is 4.35. The Labute approximate surface area is 165 Å². The van der Waals surface area contributed by atoms with Crippen molar-refractivity contribution >= 4 is 16.0 Å². The number of hydrogen-bond donors (Lipinski definition) is 1. The zero-order chi connectivity index (χ0) is 20.3. The van der Waals surface area contributed by atoms with Gasteiger partial charge in [0.25, 0.3) is 0 Å². The molecule has 3 rings (SSSR count). The Hall–Kier alpha value is -2.42. The number of benzene rings is 2. The predicted molar refractivity (Wildman–Crippen MR) is 105 cm³/mol. The van der Waals surface area contributed by atoms with Crippen molar-refractivity contribution in [3.63, 3.8) is 0 Å². The van der Waals surface area contributed by atoms with E-state index in [2.05, 4.69) is 0 Å². The highest BCUT2D eigenvalue weighted by Gasteiger charge is 2.39. The molecule has 1 aliphatic heterocycles. The molecule has 1 aliphatic rings. The van der Waals surface area contributed by atoms with Crippen molar-refractivity contribution in [2.45, 2.75) is 24.5 Å². The standard InChI is InChI=1S/C20H24N2O5S/c1-15-5-3-4-6-16(15)14-27-17-7-9-18(10-8-17)28(25,26)22-12-11-21(2)13-19(22)20(23)24/h3-10,19H,11-14H2,1-2H3,(H,23,24). The third-order valence-electron chi connectivity index (χ3n) is 4.91. The fourth-order valence-corrected chi connectivity index (χ4v) is 4.73. The molecule has 0 spiro atoms. The van der Waals surface area contributed by atoms with Crippen LogP contribution in [0.25, 0.3) is 0 Å². The molecule has 2 aromatic carbocycles. The molecular formula is C20H24N2O5S. The number of carbonyl (C=O) groups is 1. The number of aliphatic carboxylic acids is 1. The van der Waals surface area contributed by atoms with Crippen molar-refractivity contribution in [1.29, 1.82) is 0 Å². The largest absolute Gasteiger partial charge is 0.489 e. The molecule has 0 radical (unpaired) electrons. The number of ether oxygens (including phenoxy) is 1. The van der Waals surface area contributed by atoms with Crippen molar-refractivity contribution in [2.24, 2.45) is 0 Å². The molecule has 8 heteroatoms. The Kier molecular flexibility index (Phi) is 6.02. The van der Waals surface area contributed by atoms with Gasteiger partial charge in [-0.1, -0.05) is 24.3 Å². The molecule has 0 saturated carbocycles. The Morgan fingerprint density at radius 1 is 1.14 bits per heavy atom. The first-order chi connectivity index (χ1) is 13.3. The first-order valence-electron chi connectivity index (χ1n) is 8.99. The number of sulfonamides is 1. The lowest BCUT2D eigenvalue weighted by Gasteiger charge is -2.36. The van der Waals surface area contributed by atoms with Crippen LogP contribution in [0, 0.1) is 6.92 Å². The van der Waals surface area contributed by atoms with Gasteiger partial charge in [-0.05, 0) is 49.4 Å². The Morgan fingerprint density at radius 3 is 2.46 bits per heavy atom. The van der Waals surface area contributed by atoms with Crippen LogP contribution in [0.2, 0.25) is 0 Å². The summed E-state index contributed by atoms with van der Waals surface area (Å²) in [6.07, 6.45) is 0. The molecule has 0 aliphatic carbocycles. The maximum absolute atomic E-state index is 12.9. The molecule has 2 aromatic rings. The van der Waals surface area contributed by atoms with Crippen LogP contribution in [0.5, 0.6) is 5.75 Å². The molecule has 1 fully saturated rings. The molecule has 28 heavy (non-hydrogen) atoms. The molecule has 0 amide bonds. The van der Waals surface area contributed by atoms with Gasteiger partial charge in [0, 0.05) is 19.6 Å². The van der Waals surface area contributed by atoms with E-state index in [1.807, 2.05) is 36.1 Å². The van der Waals surface area contributed by atoms with Crippen molar-refractivity contribution in [3.8, 4) is 5.75 Å². The van der Waals surface area contributed by atoms with Crippen molar-refractivity contribution in [3.05, 3.63) is 59.7 Å². The van der Waals surface area contributed by atoms with Gasteiger partial charge in [-0.2, -0.15) is 4.31 Å². The van der Waals surface area contributed by atoms with Gasteiger partial charge in [0.05, 0.1) is 4.90 Å². The monoisotopic (exact) mass is 404 g/mol. The molecule has 1 unspecified atom stereocenters. The van der Waals surface area contributed by atoms with Crippen LogP contribution >= 0.6 is 0 Å². The van der Waals surface area contributed by atoms with Gasteiger partial charge >= 0.3 is 5.97 Å². The number of hydrogen-bond acceptors (Lipinski definition) is 5. The van der Waals surface area contributed by atoms with Gasteiger partial charge in [-0.3, -0.25) is 4.79 Å². The van der Waals surface area contributed by atoms with Gasteiger partial charge < -0.3 is 14.7 Å². The number of likely N-dealkylation sites (N-methyl/N-ethyl adjacent to an activating group) is 1. The Bertz CT molecular complexity index is 943. The van der Waals surface area contributed by atoms with E-state index in [1.54, 1.807) is 19.2 Å². The van der Waals surface area contributed by atoms with Crippen molar-refractivity contribution in [2.75, 3.05) is 26.7 Å². The fraction of sp³-hybridized carbons (Fsp3) is 0.350. The molecule has 150 valence electrons. The SMILES string of the molecule is Cc1ccccc1COc1ccc(S(=O)(=O)N2CCN(C)CC2C(=O)O)cc1. The van der Waals surface area contributed by atoms with Crippen LogP contribution < -0.4 is 4.74 Å². The molecule has 7 nitrogen and oxygen atoms in total. The highest BCUT2D eigenvalue weighted by molar-refractivity contribution is 7.89. The summed E-state index contributed by atoms with van der Waals surface area (Å²) >= 11 is 0. The average Bonchev–Trinajstić information content (AvgIpc) is 2.67. The van der Waals surface area contributed by atoms with E-state index in [0.29, 0.717) is 18.9 Å². The Balaban J connectivity index is 1.74. The molecule has 1 atom stereocenters. The first-order valence-corrected chi connectivity index (χ1v) is 10.4. The third-order valence-corrected chi connectivity index (χ3v) is 6.83. The van der Waals surface area contributed by atoms with Gasteiger partial charge in [0.15, 0.2) is 0 Å². The number of aryl methyl sites for hydroxylation is 1. The highest BCUT2D eigenvalue weighted by Crippen LogP contribution is 2.24. The van der Waals surface area contributed by atoms with E-state index in [-0.39, 0.29) is 18.0 Å². The van der Waals surface area contributed by atoms with Crippen LogP contribution in [0.1, 0.15) is 11.1 Å². The van der Waals surface area contributed by atoms with Crippen LogP contribution in [0.3, 0.4) is 0 Å². The minimum atomic E-state index is -3.90. The smallest absolute Gasteiger partial charge is 0.323 e. The summed E-state index contributed by atoms with van der Waals surface area (Å²) in [5.41, 5.74) is 2.18. The second-order valence-electron chi connectivity index (χ2n) is 6.92. The lowest BCUT2D eigenvalue weighted by atomic mass is 10.1. The summed E-state index contributed by atoms with van der Waals surface area (Å²) in [5, 5.41) is 9.43. The van der Waals surface area contributed by atoms with Crippen LogP contribution in [-0.4, -0.2) is 61.4 Å². The van der Waals surface area contributed by atoms with E-state index < -0.39 is 22.0 Å². The van der Waals surface area contributed by atoms with Crippen LogP contribution in [-0.2, 0) is 21.4 Å². The molecular weight excluding hydrogens is 380 g/mol. The van der Waals surface area contributed by atoms with E-state index in [1.165, 1.54) is 12.1 Å². The van der Waals surface area contributed by atoms with Gasteiger partial charge in [0.1, 0.15) is 18.4 Å². The molecule has 0 aromatic heterocycles. The minimum absolute atomic E-state index is 0.0616. The summed E-state index contributed by atoms with van der Waals surface area (Å²) < 4.78 is 32.7. The van der Waals surface area contributed by atoms with Crippen LogP contribution in [0.4, 0.5) is 0 Å². The van der Waals surface area contributed by atoms with E-state index in [4.69, 9.17) is 4.74 Å². The Morgan fingerprint density at radius 2 is 1.82 bits per heavy atom. The van der Waals surface area contributed by atoms with Gasteiger partial charge in [-0.25, -0.2) is 8.42 Å². The van der Waals surface area contributed by atoms with Gasteiger partial charge in [-0.15, -0.1) is 0 Å².